The van der Waals surface area contributed by atoms with Crippen molar-refractivity contribution in [2.45, 2.75) is 40.2 Å². The molecule has 3 heteroatoms. The van der Waals surface area contributed by atoms with Crippen molar-refractivity contribution in [1.82, 2.24) is 4.90 Å². The lowest BCUT2D eigenvalue weighted by Crippen LogP contribution is -2.46. The van der Waals surface area contributed by atoms with Gasteiger partial charge in [-0.25, -0.2) is 0 Å². The summed E-state index contributed by atoms with van der Waals surface area (Å²) >= 11 is 0. The summed E-state index contributed by atoms with van der Waals surface area (Å²) in [6, 6.07) is 0.325. The number of rotatable bonds is 6. The fourth-order valence-electron chi connectivity index (χ4n) is 2.59. The van der Waals surface area contributed by atoms with E-state index in [0.717, 1.165) is 38.0 Å². The Morgan fingerprint density at radius 1 is 1.18 bits per heavy atom. The van der Waals surface area contributed by atoms with Crippen LogP contribution in [0.4, 0.5) is 0 Å². The molecule has 0 radical (unpaired) electrons. The number of hydrogen-bond acceptors (Lipinski definition) is 3. The minimum absolute atomic E-state index is 0.325. The molecule has 1 aliphatic rings. The van der Waals surface area contributed by atoms with E-state index in [1.807, 2.05) is 0 Å². The third-order valence-corrected chi connectivity index (χ3v) is 3.27. The first-order valence-electron chi connectivity index (χ1n) is 7.04. The van der Waals surface area contributed by atoms with Crippen molar-refractivity contribution in [3.8, 4) is 0 Å². The van der Waals surface area contributed by atoms with Crippen molar-refractivity contribution >= 4 is 0 Å². The molecule has 0 aromatic carbocycles. The number of hydrogen-bond donors (Lipinski definition) is 1. The highest BCUT2D eigenvalue weighted by atomic mass is 16.5. The van der Waals surface area contributed by atoms with Gasteiger partial charge in [0.05, 0.1) is 6.61 Å². The zero-order chi connectivity index (χ0) is 12.8. The number of nitrogens with two attached hydrogens (primary N) is 1. The molecule has 0 amide bonds. The van der Waals surface area contributed by atoms with Crippen molar-refractivity contribution in [1.29, 1.82) is 0 Å². The lowest BCUT2D eigenvalue weighted by molar-refractivity contribution is 0.0227. The molecule has 1 heterocycles. The monoisotopic (exact) mass is 242 g/mol. The van der Waals surface area contributed by atoms with E-state index in [9.17, 15) is 0 Å². The van der Waals surface area contributed by atoms with Crippen LogP contribution < -0.4 is 5.73 Å². The van der Waals surface area contributed by atoms with Crippen LogP contribution in [0.1, 0.15) is 34.1 Å². The maximum atomic E-state index is 6.18. The molecule has 0 aromatic heterocycles. The maximum Gasteiger partial charge on any atom is 0.0521 e. The second-order valence-electron chi connectivity index (χ2n) is 6.29. The van der Waals surface area contributed by atoms with Crippen LogP contribution >= 0.6 is 0 Å². The van der Waals surface area contributed by atoms with Gasteiger partial charge in [-0.05, 0) is 18.3 Å². The van der Waals surface area contributed by atoms with Gasteiger partial charge in [0.25, 0.3) is 0 Å². The minimum Gasteiger partial charge on any atom is -0.381 e. The molecular weight excluding hydrogens is 212 g/mol. The second-order valence-corrected chi connectivity index (χ2v) is 6.29. The molecule has 0 spiro atoms. The Kier molecular flexibility index (Phi) is 6.45. The summed E-state index contributed by atoms with van der Waals surface area (Å²) in [4.78, 5) is 2.56. The fraction of sp³-hybridized carbons (Fsp3) is 1.00. The van der Waals surface area contributed by atoms with Crippen LogP contribution in [0.3, 0.4) is 0 Å². The third-order valence-electron chi connectivity index (χ3n) is 3.27. The zero-order valence-corrected chi connectivity index (χ0v) is 12.0. The molecule has 0 aliphatic carbocycles. The van der Waals surface area contributed by atoms with Gasteiger partial charge in [0.15, 0.2) is 0 Å². The van der Waals surface area contributed by atoms with Crippen molar-refractivity contribution in [2.24, 2.45) is 23.5 Å². The van der Waals surface area contributed by atoms with Gasteiger partial charge >= 0.3 is 0 Å². The van der Waals surface area contributed by atoms with Gasteiger partial charge in [-0.1, -0.05) is 27.7 Å². The molecule has 0 saturated carbocycles. The van der Waals surface area contributed by atoms with E-state index in [1.54, 1.807) is 0 Å². The molecule has 3 nitrogen and oxygen atoms in total. The molecule has 102 valence electrons. The predicted molar refractivity (Wildman–Crippen MR) is 73.0 cm³/mol. The second kappa shape index (κ2) is 7.34. The van der Waals surface area contributed by atoms with Gasteiger partial charge in [0, 0.05) is 38.2 Å². The summed E-state index contributed by atoms with van der Waals surface area (Å²) in [6.07, 6.45) is 1.02. The SMILES string of the molecule is CC(C)CN(CC(C)C)CC1COCCC1N. The molecule has 1 fully saturated rings. The lowest BCUT2D eigenvalue weighted by atomic mass is 9.95. The van der Waals surface area contributed by atoms with Crippen LogP contribution in [0.15, 0.2) is 0 Å². The van der Waals surface area contributed by atoms with Crippen molar-refractivity contribution in [3.05, 3.63) is 0 Å². The van der Waals surface area contributed by atoms with Crippen molar-refractivity contribution in [3.63, 3.8) is 0 Å². The zero-order valence-electron chi connectivity index (χ0n) is 12.0. The van der Waals surface area contributed by atoms with Crippen molar-refractivity contribution < 1.29 is 4.74 Å². The summed E-state index contributed by atoms with van der Waals surface area (Å²) < 4.78 is 5.56. The Bertz CT molecular complexity index is 196. The molecule has 0 aromatic rings. The van der Waals surface area contributed by atoms with Gasteiger partial charge in [0.2, 0.25) is 0 Å². The Hall–Kier alpha value is -0.120. The quantitative estimate of drug-likeness (QED) is 0.774. The van der Waals surface area contributed by atoms with E-state index in [0.29, 0.717) is 12.0 Å². The molecule has 1 aliphatic heterocycles. The standard InChI is InChI=1S/C14H30N2O/c1-11(2)7-16(8-12(3)4)9-13-10-17-6-5-14(13)15/h11-14H,5-10,15H2,1-4H3. The molecule has 1 saturated heterocycles. The molecule has 2 N–H and O–H groups in total. The molecule has 1 rings (SSSR count). The Labute approximate surface area is 107 Å². The Balaban J connectivity index is 2.45. The molecular formula is C14H30N2O. The van der Waals surface area contributed by atoms with E-state index < -0.39 is 0 Å². The van der Waals surface area contributed by atoms with Crippen LogP contribution in [-0.4, -0.2) is 43.8 Å². The van der Waals surface area contributed by atoms with E-state index in [1.165, 1.54) is 13.1 Å². The molecule has 2 unspecified atom stereocenters. The van der Waals surface area contributed by atoms with E-state index in [-0.39, 0.29) is 0 Å². The summed E-state index contributed by atoms with van der Waals surface area (Å²) in [5.41, 5.74) is 6.18. The first-order valence-corrected chi connectivity index (χ1v) is 7.04. The van der Waals surface area contributed by atoms with Gasteiger partial charge in [-0.15, -0.1) is 0 Å². The average Bonchev–Trinajstić information content (AvgIpc) is 2.19. The first-order chi connectivity index (χ1) is 7.99. The highest BCUT2D eigenvalue weighted by Crippen LogP contribution is 2.16. The summed E-state index contributed by atoms with van der Waals surface area (Å²) in [6.45, 7) is 14.2. The topological polar surface area (TPSA) is 38.5 Å². The van der Waals surface area contributed by atoms with Crippen molar-refractivity contribution in [2.75, 3.05) is 32.8 Å². The van der Waals surface area contributed by atoms with Crippen LogP contribution in [0.5, 0.6) is 0 Å². The van der Waals surface area contributed by atoms with Crippen LogP contribution in [0, 0.1) is 17.8 Å². The van der Waals surface area contributed by atoms with Gasteiger partial charge in [-0.2, -0.15) is 0 Å². The largest absolute Gasteiger partial charge is 0.381 e. The minimum atomic E-state index is 0.325. The summed E-state index contributed by atoms with van der Waals surface area (Å²) in [5, 5.41) is 0. The van der Waals surface area contributed by atoms with Crippen LogP contribution in [0.2, 0.25) is 0 Å². The molecule has 0 bridgehead atoms. The maximum absolute atomic E-state index is 6.18. The summed E-state index contributed by atoms with van der Waals surface area (Å²) in [5.74, 6) is 1.95. The number of ether oxygens (including phenoxy) is 1. The smallest absolute Gasteiger partial charge is 0.0521 e. The summed E-state index contributed by atoms with van der Waals surface area (Å²) in [7, 11) is 0. The van der Waals surface area contributed by atoms with Gasteiger partial charge in [-0.3, -0.25) is 0 Å². The van der Waals surface area contributed by atoms with E-state index >= 15 is 0 Å². The molecule has 17 heavy (non-hydrogen) atoms. The van der Waals surface area contributed by atoms with Gasteiger partial charge in [0.1, 0.15) is 0 Å². The Morgan fingerprint density at radius 2 is 1.76 bits per heavy atom. The lowest BCUT2D eigenvalue weighted by Gasteiger charge is -2.35. The van der Waals surface area contributed by atoms with Gasteiger partial charge < -0.3 is 15.4 Å². The average molecular weight is 242 g/mol. The highest BCUT2D eigenvalue weighted by molar-refractivity contribution is 4.80. The van der Waals surface area contributed by atoms with E-state index in [4.69, 9.17) is 10.5 Å². The normalized spacial score (nSPS) is 26.1. The highest BCUT2D eigenvalue weighted by Gasteiger charge is 2.25. The number of nitrogens with zero attached hydrogens (tertiary/aromatic N) is 1. The van der Waals surface area contributed by atoms with Crippen LogP contribution in [0.25, 0.3) is 0 Å². The third kappa shape index (κ3) is 5.84. The van der Waals surface area contributed by atoms with E-state index in [2.05, 4.69) is 32.6 Å². The first kappa shape index (κ1) is 14.9. The fourth-order valence-corrected chi connectivity index (χ4v) is 2.59. The molecule has 2 atom stereocenters. The van der Waals surface area contributed by atoms with Crippen LogP contribution in [-0.2, 0) is 4.74 Å². The predicted octanol–water partition coefficient (Wildman–Crippen LogP) is 1.96. The Morgan fingerprint density at radius 3 is 2.24 bits per heavy atom.